The Hall–Kier alpha value is -0.710. The van der Waals surface area contributed by atoms with Gasteiger partial charge in [0.05, 0.1) is 9.79 Å². The molecule has 0 aliphatic rings. The standard InChI is InChI=1S/C14H25N3O4S2.ClH/c1-5-14(6-2,10-15)17-22(18,19)12-7-8-13(11(3)9-12)23(20,21)16-4;/h7-9,16-17H,5-6,10,15H2,1-4H3;1H. The van der Waals surface area contributed by atoms with E-state index in [4.69, 9.17) is 5.73 Å². The van der Waals surface area contributed by atoms with Crippen LogP contribution < -0.4 is 15.2 Å². The van der Waals surface area contributed by atoms with E-state index in [0.29, 0.717) is 18.4 Å². The normalized spacial score (nSPS) is 12.7. The van der Waals surface area contributed by atoms with E-state index >= 15 is 0 Å². The Kier molecular flexibility index (Phi) is 8.34. The van der Waals surface area contributed by atoms with Crippen LogP contribution in [0.25, 0.3) is 0 Å². The van der Waals surface area contributed by atoms with Crippen molar-refractivity contribution in [3.05, 3.63) is 23.8 Å². The molecular weight excluding hydrogens is 374 g/mol. The maximum absolute atomic E-state index is 12.6. The van der Waals surface area contributed by atoms with E-state index in [9.17, 15) is 16.8 Å². The number of sulfonamides is 2. The summed E-state index contributed by atoms with van der Waals surface area (Å²) in [5, 5.41) is 0. The Morgan fingerprint density at radius 2 is 1.62 bits per heavy atom. The monoisotopic (exact) mass is 399 g/mol. The van der Waals surface area contributed by atoms with Crippen molar-refractivity contribution in [3.63, 3.8) is 0 Å². The number of rotatable bonds is 8. The fourth-order valence-corrected chi connectivity index (χ4v) is 4.86. The molecule has 7 nitrogen and oxygen atoms in total. The molecule has 0 bridgehead atoms. The van der Waals surface area contributed by atoms with Crippen molar-refractivity contribution in [1.29, 1.82) is 0 Å². The third-order valence-electron chi connectivity index (χ3n) is 4.11. The molecule has 0 spiro atoms. The highest BCUT2D eigenvalue weighted by Crippen LogP contribution is 2.22. The van der Waals surface area contributed by atoms with Gasteiger partial charge < -0.3 is 5.73 Å². The molecule has 24 heavy (non-hydrogen) atoms. The molecule has 0 aliphatic heterocycles. The zero-order valence-electron chi connectivity index (χ0n) is 14.3. The zero-order chi connectivity index (χ0) is 17.9. The summed E-state index contributed by atoms with van der Waals surface area (Å²) in [7, 11) is -6.11. The first-order chi connectivity index (χ1) is 10.6. The van der Waals surface area contributed by atoms with E-state index in [-0.39, 0.29) is 28.7 Å². The van der Waals surface area contributed by atoms with Crippen LogP contribution in [0.15, 0.2) is 28.0 Å². The minimum atomic E-state index is -3.79. The highest BCUT2D eigenvalue weighted by molar-refractivity contribution is 7.90. The van der Waals surface area contributed by atoms with E-state index in [1.54, 1.807) is 6.92 Å². The lowest BCUT2D eigenvalue weighted by Gasteiger charge is -2.31. The molecule has 0 heterocycles. The Bertz CT molecular complexity index is 752. The summed E-state index contributed by atoms with van der Waals surface area (Å²) in [6.45, 7) is 5.48. The van der Waals surface area contributed by atoms with Gasteiger partial charge >= 0.3 is 0 Å². The van der Waals surface area contributed by atoms with Crippen LogP contribution in [0.1, 0.15) is 32.3 Å². The minimum Gasteiger partial charge on any atom is -0.329 e. The second-order valence-corrected chi connectivity index (χ2v) is 8.97. The first kappa shape index (κ1) is 23.3. The average molecular weight is 400 g/mol. The van der Waals surface area contributed by atoms with Crippen molar-refractivity contribution in [2.45, 2.75) is 48.9 Å². The maximum atomic E-state index is 12.6. The molecule has 0 aromatic heterocycles. The van der Waals surface area contributed by atoms with Crippen LogP contribution in [0, 0.1) is 6.92 Å². The Balaban J connectivity index is 0.00000529. The Morgan fingerprint density at radius 3 is 2.00 bits per heavy atom. The molecule has 1 rings (SSSR count). The lowest BCUT2D eigenvalue weighted by Crippen LogP contribution is -2.52. The van der Waals surface area contributed by atoms with Crippen molar-refractivity contribution >= 4 is 32.5 Å². The number of halogens is 1. The van der Waals surface area contributed by atoms with Gasteiger partial charge in [-0.05, 0) is 50.6 Å². The molecule has 0 atom stereocenters. The third kappa shape index (κ3) is 4.90. The summed E-state index contributed by atoms with van der Waals surface area (Å²) in [6, 6.07) is 3.92. The van der Waals surface area contributed by atoms with Gasteiger partial charge in [0.15, 0.2) is 0 Å². The molecule has 0 aliphatic carbocycles. The summed E-state index contributed by atoms with van der Waals surface area (Å²) >= 11 is 0. The molecule has 0 saturated heterocycles. The van der Waals surface area contributed by atoms with Gasteiger partial charge in [0.1, 0.15) is 0 Å². The second kappa shape index (κ2) is 8.59. The van der Waals surface area contributed by atoms with Gasteiger partial charge in [0, 0.05) is 12.1 Å². The van der Waals surface area contributed by atoms with Crippen LogP contribution in [0.2, 0.25) is 0 Å². The Morgan fingerprint density at radius 1 is 1.08 bits per heavy atom. The predicted octanol–water partition coefficient (Wildman–Crippen LogP) is 1.12. The predicted molar refractivity (Wildman–Crippen MR) is 97.4 cm³/mol. The number of aryl methyl sites for hydroxylation is 1. The van der Waals surface area contributed by atoms with Crippen LogP contribution in [0.3, 0.4) is 0 Å². The van der Waals surface area contributed by atoms with Gasteiger partial charge in [-0.25, -0.2) is 26.3 Å². The summed E-state index contributed by atoms with van der Waals surface area (Å²) in [6.07, 6.45) is 1.12. The van der Waals surface area contributed by atoms with Crippen molar-refractivity contribution in [1.82, 2.24) is 9.44 Å². The number of hydrogen-bond acceptors (Lipinski definition) is 5. The van der Waals surface area contributed by atoms with Crippen molar-refractivity contribution in [2.24, 2.45) is 5.73 Å². The van der Waals surface area contributed by atoms with Crippen molar-refractivity contribution < 1.29 is 16.8 Å². The SMILES string of the molecule is CCC(CC)(CN)NS(=O)(=O)c1ccc(S(=O)(=O)NC)c(C)c1.Cl. The number of nitrogens with two attached hydrogens (primary N) is 1. The van der Waals surface area contributed by atoms with Crippen molar-refractivity contribution in [2.75, 3.05) is 13.6 Å². The molecule has 4 N–H and O–H groups in total. The van der Waals surface area contributed by atoms with Gasteiger partial charge in [-0.2, -0.15) is 0 Å². The van der Waals surface area contributed by atoms with Crippen LogP contribution in [0.4, 0.5) is 0 Å². The summed E-state index contributed by atoms with van der Waals surface area (Å²) in [4.78, 5) is 0.0693. The molecule has 1 aromatic carbocycles. The number of nitrogens with one attached hydrogen (secondary N) is 2. The van der Waals surface area contributed by atoms with E-state index in [1.165, 1.54) is 25.2 Å². The second-order valence-electron chi connectivity index (χ2n) is 5.43. The minimum absolute atomic E-state index is 0. The van der Waals surface area contributed by atoms with E-state index < -0.39 is 25.6 Å². The molecule has 1 aromatic rings. The molecule has 0 fully saturated rings. The fraction of sp³-hybridized carbons (Fsp3) is 0.571. The summed E-state index contributed by atoms with van der Waals surface area (Å²) in [5.74, 6) is 0. The van der Waals surface area contributed by atoms with Gasteiger partial charge in [-0.15, -0.1) is 12.4 Å². The zero-order valence-corrected chi connectivity index (χ0v) is 16.7. The van der Waals surface area contributed by atoms with Gasteiger partial charge in [-0.3, -0.25) is 0 Å². The third-order valence-corrected chi connectivity index (χ3v) is 7.26. The largest absolute Gasteiger partial charge is 0.329 e. The number of hydrogen-bond donors (Lipinski definition) is 3. The van der Waals surface area contributed by atoms with Gasteiger partial charge in [-0.1, -0.05) is 13.8 Å². The summed E-state index contributed by atoms with van der Waals surface area (Å²) < 4.78 is 53.7. The molecule has 10 heteroatoms. The lowest BCUT2D eigenvalue weighted by atomic mass is 9.95. The van der Waals surface area contributed by atoms with Crippen LogP contribution in [-0.4, -0.2) is 36.0 Å². The smallest absolute Gasteiger partial charge is 0.241 e. The van der Waals surface area contributed by atoms with Gasteiger partial charge in [0.2, 0.25) is 20.0 Å². The quantitative estimate of drug-likeness (QED) is 0.605. The average Bonchev–Trinajstić information content (AvgIpc) is 2.52. The molecule has 0 radical (unpaired) electrons. The van der Waals surface area contributed by atoms with E-state index in [1.807, 2.05) is 13.8 Å². The lowest BCUT2D eigenvalue weighted by molar-refractivity contribution is 0.363. The molecule has 0 amide bonds. The van der Waals surface area contributed by atoms with Crippen LogP contribution >= 0.6 is 12.4 Å². The molecule has 0 unspecified atom stereocenters. The van der Waals surface area contributed by atoms with Crippen LogP contribution in [0.5, 0.6) is 0 Å². The first-order valence-corrected chi connectivity index (χ1v) is 10.3. The highest BCUT2D eigenvalue weighted by atomic mass is 35.5. The topological polar surface area (TPSA) is 118 Å². The van der Waals surface area contributed by atoms with E-state index in [2.05, 4.69) is 9.44 Å². The fourth-order valence-electron chi connectivity index (χ4n) is 2.27. The van der Waals surface area contributed by atoms with Crippen LogP contribution in [-0.2, 0) is 20.0 Å². The molecular formula is C14H26ClN3O4S2. The van der Waals surface area contributed by atoms with Crippen molar-refractivity contribution in [3.8, 4) is 0 Å². The first-order valence-electron chi connectivity index (χ1n) is 7.35. The Labute approximate surface area is 150 Å². The molecule has 140 valence electrons. The maximum Gasteiger partial charge on any atom is 0.241 e. The molecule has 0 saturated carbocycles. The highest BCUT2D eigenvalue weighted by Gasteiger charge is 2.31. The number of benzene rings is 1. The summed E-state index contributed by atoms with van der Waals surface area (Å²) in [5.41, 5.74) is 5.38. The van der Waals surface area contributed by atoms with Gasteiger partial charge in [0.25, 0.3) is 0 Å². The van der Waals surface area contributed by atoms with E-state index in [0.717, 1.165) is 0 Å².